The van der Waals surface area contributed by atoms with E-state index < -0.39 is 0 Å². The summed E-state index contributed by atoms with van der Waals surface area (Å²) in [6.45, 7) is 6.37. The van der Waals surface area contributed by atoms with Gasteiger partial charge in [0.2, 0.25) is 0 Å². The summed E-state index contributed by atoms with van der Waals surface area (Å²) in [5.74, 6) is 0.0935. The molecule has 2 aliphatic heterocycles. The van der Waals surface area contributed by atoms with E-state index in [9.17, 15) is 4.79 Å². The maximum Gasteiger partial charge on any atom is 0.276 e. The van der Waals surface area contributed by atoms with Gasteiger partial charge in [0.25, 0.3) is 5.91 Å². The number of likely N-dealkylation sites (tertiary alicyclic amines) is 1. The second kappa shape index (κ2) is 6.58. The molecule has 2 aliphatic rings. The SMILES string of the molecule is CC1CN(C2CCN(C(=O)c3nccnc3N)CC2)CCO1. The zero-order valence-electron chi connectivity index (χ0n) is 12.9. The second-order valence-corrected chi connectivity index (χ2v) is 5.99. The minimum absolute atomic E-state index is 0.112. The number of nitrogen functional groups attached to an aromatic ring is 1. The Labute approximate surface area is 130 Å². The first-order valence-corrected chi connectivity index (χ1v) is 7.86. The normalized spacial score (nSPS) is 24.4. The van der Waals surface area contributed by atoms with Crippen molar-refractivity contribution in [2.45, 2.75) is 31.9 Å². The highest BCUT2D eigenvalue weighted by atomic mass is 16.5. The third-order valence-corrected chi connectivity index (χ3v) is 4.47. The van der Waals surface area contributed by atoms with Gasteiger partial charge in [0.1, 0.15) is 0 Å². The van der Waals surface area contributed by atoms with E-state index in [1.54, 1.807) is 0 Å². The first-order chi connectivity index (χ1) is 10.6. The van der Waals surface area contributed by atoms with Crippen molar-refractivity contribution >= 4 is 11.7 Å². The fourth-order valence-corrected chi connectivity index (χ4v) is 3.27. The zero-order valence-corrected chi connectivity index (χ0v) is 12.9. The molecule has 2 N–H and O–H groups in total. The van der Waals surface area contributed by atoms with Gasteiger partial charge in [0, 0.05) is 44.6 Å². The van der Waals surface area contributed by atoms with Gasteiger partial charge in [-0.3, -0.25) is 9.69 Å². The Balaban J connectivity index is 1.57. The molecule has 0 saturated carbocycles. The molecule has 0 spiro atoms. The van der Waals surface area contributed by atoms with Crippen LogP contribution in [0.4, 0.5) is 5.82 Å². The Morgan fingerprint density at radius 2 is 2.00 bits per heavy atom. The molecule has 1 atom stereocenters. The fourth-order valence-electron chi connectivity index (χ4n) is 3.27. The summed E-state index contributed by atoms with van der Waals surface area (Å²) in [7, 11) is 0. The highest BCUT2D eigenvalue weighted by Crippen LogP contribution is 2.21. The lowest BCUT2D eigenvalue weighted by atomic mass is 10.0. The third kappa shape index (κ3) is 3.20. The molecule has 0 radical (unpaired) electrons. The van der Waals surface area contributed by atoms with Crippen molar-refractivity contribution in [1.82, 2.24) is 19.8 Å². The van der Waals surface area contributed by atoms with E-state index >= 15 is 0 Å². The molecule has 1 aromatic rings. The van der Waals surface area contributed by atoms with Crippen molar-refractivity contribution in [3.8, 4) is 0 Å². The molecule has 0 aliphatic carbocycles. The maximum absolute atomic E-state index is 12.5. The minimum Gasteiger partial charge on any atom is -0.382 e. The number of ether oxygens (including phenoxy) is 1. The number of carbonyl (C=O) groups is 1. The van der Waals surface area contributed by atoms with Gasteiger partial charge in [0.05, 0.1) is 12.7 Å². The molecule has 120 valence electrons. The largest absolute Gasteiger partial charge is 0.382 e. The lowest BCUT2D eigenvalue weighted by Gasteiger charge is -2.41. The Morgan fingerprint density at radius 3 is 2.68 bits per heavy atom. The van der Waals surface area contributed by atoms with Crippen molar-refractivity contribution in [3.63, 3.8) is 0 Å². The molecule has 7 nitrogen and oxygen atoms in total. The Morgan fingerprint density at radius 1 is 1.27 bits per heavy atom. The van der Waals surface area contributed by atoms with Gasteiger partial charge in [0.15, 0.2) is 11.5 Å². The molecule has 0 aromatic carbocycles. The topological polar surface area (TPSA) is 84.6 Å². The molecular formula is C15H23N5O2. The Kier molecular flexibility index (Phi) is 4.54. The maximum atomic E-state index is 12.5. The van der Waals surface area contributed by atoms with Crippen molar-refractivity contribution in [3.05, 3.63) is 18.1 Å². The summed E-state index contributed by atoms with van der Waals surface area (Å²) in [6.07, 6.45) is 5.27. The minimum atomic E-state index is -0.112. The molecule has 1 amide bonds. The molecule has 2 fully saturated rings. The first-order valence-electron chi connectivity index (χ1n) is 7.86. The van der Waals surface area contributed by atoms with Gasteiger partial charge in [-0.25, -0.2) is 9.97 Å². The van der Waals surface area contributed by atoms with E-state index in [1.165, 1.54) is 12.4 Å². The highest BCUT2D eigenvalue weighted by Gasteiger charge is 2.30. The van der Waals surface area contributed by atoms with Crippen LogP contribution in [0.25, 0.3) is 0 Å². The van der Waals surface area contributed by atoms with E-state index in [0.29, 0.717) is 12.1 Å². The summed E-state index contributed by atoms with van der Waals surface area (Å²) in [5.41, 5.74) is 6.01. The van der Waals surface area contributed by atoms with E-state index in [2.05, 4.69) is 21.8 Å². The lowest BCUT2D eigenvalue weighted by Crippen LogP contribution is -2.51. The number of carbonyl (C=O) groups excluding carboxylic acids is 1. The van der Waals surface area contributed by atoms with E-state index in [4.69, 9.17) is 10.5 Å². The lowest BCUT2D eigenvalue weighted by molar-refractivity contribution is -0.0423. The van der Waals surface area contributed by atoms with Crippen molar-refractivity contribution in [2.75, 3.05) is 38.5 Å². The average molecular weight is 305 g/mol. The number of piperidine rings is 1. The Bertz CT molecular complexity index is 530. The second-order valence-electron chi connectivity index (χ2n) is 5.99. The summed E-state index contributed by atoms with van der Waals surface area (Å²) in [5, 5.41) is 0. The van der Waals surface area contributed by atoms with Crippen LogP contribution >= 0.6 is 0 Å². The standard InChI is InChI=1S/C15H23N5O2/c1-11-10-20(8-9-22-11)12-2-6-19(7-3-12)15(21)13-14(16)18-5-4-17-13/h4-5,11-12H,2-3,6-10H2,1H3,(H2,16,18). The van der Waals surface area contributed by atoms with Crippen LogP contribution in [-0.4, -0.2) is 70.6 Å². The van der Waals surface area contributed by atoms with Gasteiger partial charge in [-0.1, -0.05) is 0 Å². The number of rotatable bonds is 2. The summed E-state index contributed by atoms with van der Waals surface area (Å²) in [6, 6.07) is 0.537. The van der Waals surface area contributed by atoms with Crippen LogP contribution in [0.1, 0.15) is 30.3 Å². The van der Waals surface area contributed by atoms with Gasteiger partial charge in [-0.05, 0) is 19.8 Å². The first kappa shape index (κ1) is 15.2. The number of hydrogen-bond acceptors (Lipinski definition) is 6. The molecule has 1 unspecified atom stereocenters. The monoisotopic (exact) mass is 305 g/mol. The average Bonchev–Trinajstić information content (AvgIpc) is 2.55. The van der Waals surface area contributed by atoms with E-state index in [1.807, 2.05) is 4.90 Å². The number of hydrogen-bond donors (Lipinski definition) is 1. The van der Waals surface area contributed by atoms with Crippen molar-refractivity contribution in [2.24, 2.45) is 0 Å². The molecule has 3 heterocycles. The van der Waals surface area contributed by atoms with Crippen LogP contribution in [0.2, 0.25) is 0 Å². The summed E-state index contributed by atoms with van der Waals surface area (Å²) in [4.78, 5) is 24.8. The molecule has 7 heteroatoms. The molecule has 3 rings (SSSR count). The van der Waals surface area contributed by atoms with Crippen LogP contribution in [0.5, 0.6) is 0 Å². The quantitative estimate of drug-likeness (QED) is 0.850. The van der Waals surface area contributed by atoms with Crippen LogP contribution in [-0.2, 0) is 4.74 Å². The summed E-state index contributed by atoms with van der Waals surface area (Å²) >= 11 is 0. The highest BCUT2D eigenvalue weighted by molar-refractivity contribution is 5.96. The molecule has 2 saturated heterocycles. The predicted molar refractivity (Wildman–Crippen MR) is 82.4 cm³/mol. The van der Waals surface area contributed by atoms with Gasteiger partial charge in [-0.15, -0.1) is 0 Å². The van der Waals surface area contributed by atoms with E-state index in [-0.39, 0.29) is 17.4 Å². The number of anilines is 1. The van der Waals surface area contributed by atoms with Gasteiger partial charge < -0.3 is 15.4 Å². The smallest absolute Gasteiger partial charge is 0.276 e. The van der Waals surface area contributed by atoms with Crippen LogP contribution in [0, 0.1) is 0 Å². The van der Waals surface area contributed by atoms with Crippen LogP contribution < -0.4 is 5.73 Å². The third-order valence-electron chi connectivity index (χ3n) is 4.47. The number of amides is 1. The Hall–Kier alpha value is -1.73. The predicted octanol–water partition coefficient (Wildman–Crippen LogP) is 0.384. The number of nitrogens with two attached hydrogens (primary N) is 1. The number of aromatic nitrogens is 2. The van der Waals surface area contributed by atoms with Crippen LogP contribution in [0.3, 0.4) is 0 Å². The van der Waals surface area contributed by atoms with Crippen LogP contribution in [0.15, 0.2) is 12.4 Å². The molecule has 22 heavy (non-hydrogen) atoms. The van der Waals surface area contributed by atoms with Gasteiger partial charge in [-0.2, -0.15) is 0 Å². The molecule has 1 aromatic heterocycles. The fraction of sp³-hybridized carbons (Fsp3) is 0.667. The van der Waals surface area contributed by atoms with Crippen molar-refractivity contribution < 1.29 is 9.53 Å². The number of morpholine rings is 1. The van der Waals surface area contributed by atoms with Crippen molar-refractivity contribution in [1.29, 1.82) is 0 Å². The van der Waals surface area contributed by atoms with E-state index in [0.717, 1.165) is 45.6 Å². The molecule has 0 bridgehead atoms. The number of nitrogens with zero attached hydrogens (tertiary/aromatic N) is 4. The summed E-state index contributed by atoms with van der Waals surface area (Å²) < 4.78 is 5.59. The zero-order chi connectivity index (χ0) is 15.5. The van der Waals surface area contributed by atoms with Gasteiger partial charge >= 0.3 is 0 Å². The molecular weight excluding hydrogens is 282 g/mol.